The van der Waals surface area contributed by atoms with Crippen molar-refractivity contribution in [2.24, 2.45) is 13.0 Å². The van der Waals surface area contributed by atoms with E-state index in [1.807, 2.05) is 30.3 Å². The number of aromatic nitrogens is 2. The summed E-state index contributed by atoms with van der Waals surface area (Å²) in [5.41, 5.74) is 4.85. The van der Waals surface area contributed by atoms with E-state index < -0.39 is 0 Å². The Morgan fingerprint density at radius 1 is 1.27 bits per heavy atom. The number of nitrogens with one attached hydrogen (secondary N) is 2. The Morgan fingerprint density at radius 3 is 2.92 bits per heavy atom. The van der Waals surface area contributed by atoms with Crippen LogP contribution < -0.4 is 11.0 Å². The molecule has 0 aliphatic heterocycles. The molecule has 132 valence electrons. The number of rotatable bonds is 3. The number of hydrogen-bond acceptors (Lipinski definition) is 2. The van der Waals surface area contributed by atoms with Crippen molar-refractivity contribution in [2.45, 2.75) is 19.4 Å². The van der Waals surface area contributed by atoms with Crippen molar-refractivity contribution < 1.29 is 4.79 Å². The van der Waals surface area contributed by atoms with Crippen LogP contribution in [-0.4, -0.2) is 15.5 Å². The molecule has 26 heavy (non-hydrogen) atoms. The Kier molecular flexibility index (Phi) is 3.99. The maximum absolute atomic E-state index is 12.4. The Bertz CT molecular complexity index is 1070. The fraction of sp³-hybridized carbons (Fsp3) is 0.238. The molecule has 2 atom stereocenters. The molecule has 1 aliphatic rings. The van der Waals surface area contributed by atoms with Crippen molar-refractivity contribution in [3.05, 3.63) is 75.7 Å². The van der Waals surface area contributed by atoms with Gasteiger partial charge in [-0.2, -0.15) is 0 Å². The first kappa shape index (κ1) is 16.4. The van der Waals surface area contributed by atoms with Gasteiger partial charge in [0.15, 0.2) is 0 Å². The largest absolute Gasteiger partial charge is 0.345 e. The van der Waals surface area contributed by atoms with Gasteiger partial charge in [0.25, 0.3) is 0 Å². The topological polar surface area (TPSA) is 66.9 Å². The predicted molar refractivity (Wildman–Crippen MR) is 103 cm³/mol. The normalized spacial score (nSPS) is 19.2. The summed E-state index contributed by atoms with van der Waals surface area (Å²) in [6, 6.07) is 14.0. The first-order chi connectivity index (χ1) is 12.5. The van der Waals surface area contributed by atoms with Crippen LogP contribution in [0, 0.1) is 5.92 Å². The summed E-state index contributed by atoms with van der Waals surface area (Å²) in [5.74, 6) is 0.274. The number of imidazole rings is 1. The fourth-order valence-corrected chi connectivity index (χ4v) is 3.75. The molecule has 1 aliphatic carbocycles. The van der Waals surface area contributed by atoms with Gasteiger partial charge >= 0.3 is 5.69 Å². The smallest absolute Gasteiger partial charge is 0.326 e. The summed E-state index contributed by atoms with van der Waals surface area (Å²) >= 11 is 0. The Hall–Kier alpha value is -3.08. The molecule has 2 unspecified atom stereocenters. The molecule has 0 fully saturated rings. The van der Waals surface area contributed by atoms with Gasteiger partial charge in [-0.1, -0.05) is 37.3 Å². The summed E-state index contributed by atoms with van der Waals surface area (Å²) in [6.45, 7) is 2.16. The van der Waals surface area contributed by atoms with E-state index in [2.05, 4.69) is 29.4 Å². The minimum absolute atomic E-state index is 0.0521. The van der Waals surface area contributed by atoms with Crippen LogP contribution >= 0.6 is 0 Å². The van der Waals surface area contributed by atoms with Gasteiger partial charge in [0.2, 0.25) is 5.91 Å². The maximum Gasteiger partial charge on any atom is 0.326 e. The zero-order chi connectivity index (χ0) is 18.3. The number of hydrogen-bond donors (Lipinski definition) is 2. The summed E-state index contributed by atoms with van der Waals surface area (Å²) < 4.78 is 1.56. The Balaban J connectivity index is 1.51. The van der Waals surface area contributed by atoms with E-state index in [4.69, 9.17) is 0 Å². The first-order valence-corrected chi connectivity index (χ1v) is 8.78. The molecular weight excluding hydrogens is 326 g/mol. The van der Waals surface area contributed by atoms with Gasteiger partial charge in [0.05, 0.1) is 17.1 Å². The average Bonchev–Trinajstić information content (AvgIpc) is 3.09. The molecule has 1 amide bonds. The number of aromatic amines is 1. The third-order valence-electron chi connectivity index (χ3n) is 5.15. The summed E-state index contributed by atoms with van der Waals surface area (Å²) in [6.07, 6.45) is 4.31. The molecule has 4 rings (SSSR count). The predicted octanol–water partition coefficient (Wildman–Crippen LogP) is 2.93. The van der Waals surface area contributed by atoms with Gasteiger partial charge in [-0.25, -0.2) is 4.79 Å². The second kappa shape index (κ2) is 6.33. The number of benzene rings is 2. The molecule has 0 bridgehead atoms. The summed E-state index contributed by atoms with van der Waals surface area (Å²) in [7, 11) is 1.73. The summed E-state index contributed by atoms with van der Waals surface area (Å²) in [5, 5.41) is 3.12. The van der Waals surface area contributed by atoms with Crippen LogP contribution in [-0.2, 0) is 18.3 Å². The van der Waals surface area contributed by atoms with E-state index in [9.17, 15) is 9.59 Å². The molecule has 5 heteroatoms. The lowest BCUT2D eigenvalue weighted by atomic mass is 10.0. The molecule has 0 saturated carbocycles. The summed E-state index contributed by atoms with van der Waals surface area (Å²) in [4.78, 5) is 26.9. The van der Waals surface area contributed by atoms with Gasteiger partial charge in [-0.05, 0) is 47.2 Å². The van der Waals surface area contributed by atoms with Crippen LogP contribution in [0.15, 0.2) is 53.3 Å². The second-order valence-electron chi connectivity index (χ2n) is 6.97. The highest BCUT2D eigenvalue weighted by Crippen LogP contribution is 2.35. The zero-order valence-corrected chi connectivity index (χ0v) is 14.8. The molecule has 0 spiro atoms. The van der Waals surface area contributed by atoms with E-state index >= 15 is 0 Å². The van der Waals surface area contributed by atoms with Crippen molar-refractivity contribution in [1.29, 1.82) is 0 Å². The minimum Gasteiger partial charge on any atom is -0.345 e. The highest BCUT2D eigenvalue weighted by Gasteiger charge is 2.29. The van der Waals surface area contributed by atoms with Crippen molar-refractivity contribution >= 4 is 23.0 Å². The molecular formula is C21H21N3O2. The van der Waals surface area contributed by atoms with Crippen molar-refractivity contribution in [1.82, 2.24) is 14.9 Å². The van der Waals surface area contributed by atoms with Crippen LogP contribution in [0.2, 0.25) is 0 Å². The molecule has 1 aromatic heterocycles. The number of aryl methyl sites for hydroxylation is 1. The maximum atomic E-state index is 12.4. The number of carbonyl (C=O) groups excluding carboxylic acids is 1. The standard InChI is InChI=1S/C21H21N3O2/c1-13-11-15-5-3-4-6-16(15)20(13)23-19(25)10-8-14-7-9-18-17(12-14)22-21(26)24(18)2/h3-10,12-13,20H,11H2,1-2H3,(H,22,26)(H,23,25)/b10-8+. The second-order valence-corrected chi connectivity index (χ2v) is 6.97. The van der Waals surface area contributed by atoms with E-state index in [0.29, 0.717) is 5.92 Å². The highest BCUT2D eigenvalue weighted by atomic mass is 16.2. The van der Waals surface area contributed by atoms with Crippen LogP contribution in [0.3, 0.4) is 0 Å². The molecule has 2 N–H and O–H groups in total. The average molecular weight is 347 g/mol. The van der Waals surface area contributed by atoms with E-state index in [1.165, 1.54) is 11.1 Å². The van der Waals surface area contributed by atoms with E-state index in [1.54, 1.807) is 23.8 Å². The number of carbonyl (C=O) groups is 1. The van der Waals surface area contributed by atoms with Gasteiger partial charge < -0.3 is 10.3 Å². The SMILES string of the molecule is CC1Cc2ccccc2C1NC(=O)/C=C/c1ccc2c(c1)[nH]c(=O)n2C. The lowest BCUT2D eigenvalue weighted by Crippen LogP contribution is -2.28. The number of H-pyrrole nitrogens is 1. The molecule has 5 nitrogen and oxygen atoms in total. The van der Waals surface area contributed by atoms with Gasteiger partial charge in [0, 0.05) is 13.1 Å². The molecule has 3 aromatic rings. The van der Waals surface area contributed by atoms with E-state index in [-0.39, 0.29) is 17.6 Å². The third kappa shape index (κ3) is 2.86. The lowest BCUT2D eigenvalue weighted by Gasteiger charge is -2.17. The van der Waals surface area contributed by atoms with Crippen LogP contribution in [0.5, 0.6) is 0 Å². The molecule has 0 saturated heterocycles. The number of amides is 1. The fourth-order valence-electron chi connectivity index (χ4n) is 3.75. The van der Waals surface area contributed by atoms with Gasteiger partial charge in [-0.15, -0.1) is 0 Å². The van der Waals surface area contributed by atoms with Crippen LogP contribution in [0.4, 0.5) is 0 Å². The number of fused-ring (bicyclic) bond motifs is 2. The zero-order valence-electron chi connectivity index (χ0n) is 14.8. The number of nitrogens with zero attached hydrogens (tertiary/aromatic N) is 1. The highest BCUT2D eigenvalue weighted by molar-refractivity contribution is 5.92. The van der Waals surface area contributed by atoms with Crippen molar-refractivity contribution in [2.75, 3.05) is 0 Å². The quantitative estimate of drug-likeness (QED) is 0.716. The van der Waals surface area contributed by atoms with Gasteiger partial charge in [0.1, 0.15) is 0 Å². The van der Waals surface area contributed by atoms with Gasteiger partial charge in [-0.3, -0.25) is 9.36 Å². The first-order valence-electron chi connectivity index (χ1n) is 8.78. The monoisotopic (exact) mass is 347 g/mol. The van der Waals surface area contributed by atoms with E-state index in [0.717, 1.165) is 23.0 Å². The third-order valence-corrected chi connectivity index (χ3v) is 5.15. The molecule has 1 heterocycles. The van der Waals surface area contributed by atoms with Crippen LogP contribution in [0.1, 0.15) is 29.7 Å². The van der Waals surface area contributed by atoms with Crippen molar-refractivity contribution in [3.63, 3.8) is 0 Å². The molecule has 2 aromatic carbocycles. The van der Waals surface area contributed by atoms with Crippen LogP contribution in [0.25, 0.3) is 17.1 Å². The van der Waals surface area contributed by atoms with Crippen molar-refractivity contribution in [3.8, 4) is 0 Å². The Morgan fingerprint density at radius 2 is 2.08 bits per heavy atom. The molecule has 0 radical (unpaired) electrons. The minimum atomic E-state index is -0.146. The Labute approximate surface area is 151 Å². The lowest BCUT2D eigenvalue weighted by molar-refractivity contribution is -0.117.